The minimum Gasteiger partial charge on any atom is -0.392 e. The Bertz CT molecular complexity index is 522. The van der Waals surface area contributed by atoms with Crippen LogP contribution in [0.2, 0.25) is 0 Å². The Morgan fingerprint density at radius 2 is 1.72 bits per heavy atom. The summed E-state index contributed by atoms with van der Waals surface area (Å²) < 4.78 is 26.2. The third kappa shape index (κ3) is 3.68. The van der Waals surface area contributed by atoms with Gasteiger partial charge >= 0.3 is 0 Å². The van der Waals surface area contributed by atoms with Crippen molar-refractivity contribution in [2.75, 3.05) is 4.72 Å². The van der Waals surface area contributed by atoms with Crippen molar-refractivity contribution in [2.45, 2.75) is 31.9 Å². The lowest BCUT2D eigenvalue weighted by Crippen LogP contribution is -2.35. The first-order valence-corrected chi connectivity index (χ1v) is 7.60. The highest BCUT2D eigenvalue weighted by Gasteiger charge is 2.23. The van der Waals surface area contributed by atoms with Crippen LogP contribution in [0.25, 0.3) is 0 Å². The van der Waals surface area contributed by atoms with Crippen LogP contribution >= 0.6 is 12.2 Å². The molecule has 0 amide bonds. The van der Waals surface area contributed by atoms with Crippen LogP contribution in [0, 0.1) is 0 Å². The van der Waals surface area contributed by atoms with Crippen LogP contribution in [0.15, 0.2) is 24.3 Å². The molecule has 0 aromatic heterocycles. The summed E-state index contributed by atoms with van der Waals surface area (Å²) in [7, 11) is -3.56. The van der Waals surface area contributed by atoms with Crippen molar-refractivity contribution < 1.29 is 8.42 Å². The van der Waals surface area contributed by atoms with Gasteiger partial charge in [-0.2, -0.15) is 0 Å². The molecule has 1 aromatic carbocycles. The normalized spacial score (nSPS) is 13.3. The van der Waals surface area contributed by atoms with Crippen LogP contribution < -0.4 is 10.5 Å². The summed E-state index contributed by atoms with van der Waals surface area (Å²) in [5, 5.41) is -0.891. The molecule has 0 fully saturated rings. The lowest BCUT2D eigenvalue weighted by molar-refractivity contribution is 0.598. The predicted molar refractivity (Wildman–Crippen MR) is 79.3 cm³/mol. The maximum atomic E-state index is 11.9. The van der Waals surface area contributed by atoms with Crippen LogP contribution in [0.5, 0.6) is 0 Å². The van der Waals surface area contributed by atoms with Crippen molar-refractivity contribution in [3.05, 3.63) is 29.8 Å². The van der Waals surface area contributed by atoms with Gasteiger partial charge in [0.05, 0.1) is 4.99 Å². The molecule has 4 nitrogen and oxygen atoms in total. The quantitative estimate of drug-likeness (QED) is 0.814. The highest BCUT2D eigenvalue weighted by Crippen LogP contribution is 2.18. The van der Waals surface area contributed by atoms with Gasteiger partial charge in [-0.3, -0.25) is 4.72 Å². The summed E-state index contributed by atoms with van der Waals surface area (Å²) in [5.74, 6) is 0.409. The molecule has 0 saturated heterocycles. The van der Waals surface area contributed by atoms with Gasteiger partial charge in [0.15, 0.2) is 0 Å². The Balaban J connectivity index is 2.88. The second-order valence-corrected chi connectivity index (χ2v) is 6.94. The van der Waals surface area contributed by atoms with E-state index in [2.05, 4.69) is 18.6 Å². The molecule has 0 aliphatic carbocycles. The van der Waals surface area contributed by atoms with Crippen molar-refractivity contribution in [1.82, 2.24) is 0 Å². The summed E-state index contributed by atoms with van der Waals surface area (Å²) >= 11 is 4.70. The molecular weight excluding hydrogens is 268 g/mol. The Labute approximate surface area is 114 Å². The molecule has 0 heterocycles. The van der Waals surface area contributed by atoms with Crippen LogP contribution in [0.1, 0.15) is 32.3 Å². The van der Waals surface area contributed by atoms with E-state index < -0.39 is 15.3 Å². The number of nitrogens with one attached hydrogen (secondary N) is 1. The molecule has 0 bridgehead atoms. The molecule has 18 heavy (non-hydrogen) atoms. The Morgan fingerprint density at radius 1 is 1.22 bits per heavy atom. The molecule has 3 N–H and O–H groups in total. The number of nitrogens with two attached hydrogens (primary N) is 1. The van der Waals surface area contributed by atoms with E-state index in [4.69, 9.17) is 18.0 Å². The molecule has 0 spiro atoms. The number of rotatable bonds is 5. The monoisotopic (exact) mass is 286 g/mol. The van der Waals surface area contributed by atoms with Crippen molar-refractivity contribution in [3.63, 3.8) is 0 Å². The van der Waals surface area contributed by atoms with E-state index in [1.165, 1.54) is 6.92 Å². The smallest absolute Gasteiger partial charge is 0.241 e. The zero-order chi connectivity index (χ0) is 13.9. The van der Waals surface area contributed by atoms with Crippen molar-refractivity contribution in [3.8, 4) is 0 Å². The van der Waals surface area contributed by atoms with Gasteiger partial charge in [0.2, 0.25) is 10.0 Å². The first kappa shape index (κ1) is 14.9. The molecule has 1 rings (SSSR count). The molecule has 0 aliphatic heterocycles. The van der Waals surface area contributed by atoms with Gasteiger partial charge in [-0.05, 0) is 30.5 Å². The molecule has 6 heteroatoms. The number of anilines is 1. The van der Waals surface area contributed by atoms with Crippen molar-refractivity contribution in [2.24, 2.45) is 5.73 Å². The molecule has 1 unspecified atom stereocenters. The first-order chi connectivity index (χ1) is 8.24. The van der Waals surface area contributed by atoms with Gasteiger partial charge in [0.25, 0.3) is 0 Å². The number of hydrogen-bond donors (Lipinski definition) is 2. The van der Waals surface area contributed by atoms with E-state index in [0.717, 1.165) is 5.56 Å². The number of thiocarbonyl (C=S) groups is 1. The molecule has 1 atom stereocenters. The van der Waals surface area contributed by atoms with Gasteiger partial charge < -0.3 is 5.73 Å². The second kappa shape index (κ2) is 5.67. The van der Waals surface area contributed by atoms with Crippen molar-refractivity contribution >= 4 is 32.9 Å². The second-order valence-electron chi connectivity index (χ2n) is 4.47. The van der Waals surface area contributed by atoms with E-state index >= 15 is 0 Å². The van der Waals surface area contributed by atoms with Gasteiger partial charge in [0, 0.05) is 5.69 Å². The number of hydrogen-bond acceptors (Lipinski definition) is 3. The van der Waals surface area contributed by atoms with Crippen LogP contribution in [0.3, 0.4) is 0 Å². The topological polar surface area (TPSA) is 72.2 Å². The summed E-state index contributed by atoms with van der Waals surface area (Å²) in [6, 6.07) is 7.26. The van der Waals surface area contributed by atoms with E-state index in [9.17, 15) is 8.42 Å². The molecule has 100 valence electrons. The largest absolute Gasteiger partial charge is 0.392 e. The average Bonchev–Trinajstić information content (AvgIpc) is 2.28. The molecule has 0 saturated carbocycles. The third-order valence-electron chi connectivity index (χ3n) is 2.70. The highest BCUT2D eigenvalue weighted by molar-refractivity contribution is 7.95. The summed E-state index contributed by atoms with van der Waals surface area (Å²) in [6.45, 7) is 5.62. The molecule has 1 aromatic rings. The average molecular weight is 286 g/mol. The van der Waals surface area contributed by atoms with Gasteiger partial charge in [-0.1, -0.05) is 38.2 Å². The molecule has 0 radical (unpaired) electrons. The number of benzene rings is 1. The van der Waals surface area contributed by atoms with E-state index in [-0.39, 0.29) is 4.99 Å². The zero-order valence-corrected chi connectivity index (χ0v) is 12.3. The Morgan fingerprint density at radius 3 is 2.11 bits per heavy atom. The molecular formula is C12H18N2O2S2. The third-order valence-corrected chi connectivity index (χ3v) is 4.91. The minimum atomic E-state index is -3.56. The van der Waals surface area contributed by atoms with E-state index in [1.807, 2.05) is 12.1 Å². The summed E-state index contributed by atoms with van der Waals surface area (Å²) in [5.41, 5.74) is 7.02. The van der Waals surface area contributed by atoms with Gasteiger partial charge in [-0.15, -0.1) is 0 Å². The SMILES string of the molecule is CC(C)c1ccc(NS(=O)(=O)C(C)C(N)=S)cc1. The maximum Gasteiger partial charge on any atom is 0.241 e. The summed E-state index contributed by atoms with van der Waals surface area (Å²) in [6.07, 6.45) is 0. The van der Waals surface area contributed by atoms with Crippen LogP contribution in [0.4, 0.5) is 5.69 Å². The fourth-order valence-corrected chi connectivity index (χ4v) is 2.67. The van der Waals surface area contributed by atoms with Gasteiger partial charge in [0.1, 0.15) is 5.25 Å². The first-order valence-electron chi connectivity index (χ1n) is 5.65. The minimum absolute atomic E-state index is 0.0405. The highest BCUT2D eigenvalue weighted by atomic mass is 32.2. The maximum absolute atomic E-state index is 11.9. The Hall–Kier alpha value is -1.14. The van der Waals surface area contributed by atoms with Gasteiger partial charge in [-0.25, -0.2) is 8.42 Å². The molecule has 0 aliphatic rings. The fourth-order valence-electron chi connectivity index (χ4n) is 1.34. The van der Waals surface area contributed by atoms with Crippen LogP contribution in [-0.2, 0) is 10.0 Å². The Kier molecular flexibility index (Phi) is 4.70. The van der Waals surface area contributed by atoms with E-state index in [0.29, 0.717) is 11.6 Å². The lowest BCUT2D eigenvalue weighted by atomic mass is 10.0. The lowest BCUT2D eigenvalue weighted by Gasteiger charge is -2.14. The summed E-state index contributed by atoms with van der Waals surface area (Å²) in [4.78, 5) is -0.0405. The van der Waals surface area contributed by atoms with Crippen LogP contribution in [-0.4, -0.2) is 18.7 Å². The standard InChI is InChI=1S/C12H18N2O2S2/c1-8(2)10-4-6-11(7-5-10)14-18(15,16)9(3)12(13)17/h4-9,14H,1-3H3,(H2,13,17). The van der Waals surface area contributed by atoms with E-state index in [1.54, 1.807) is 12.1 Å². The zero-order valence-electron chi connectivity index (χ0n) is 10.7. The predicted octanol–water partition coefficient (Wildman–Crippen LogP) is 2.23. The number of sulfonamides is 1. The van der Waals surface area contributed by atoms with Crippen molar-refractivity contribution in [1.29, 1.82) is 0 Å². The fraction of sp³-hybridized carbons (Fsp3) is 0.417.